The van der Waals surface area contributed by atoms with Crippen molar-refractivity contribution in [2.75, 3.05) is 6.61 Å². The second-order valence-electron chi connectivity index (χ2n) is 7.16. The Hall–Kier alpha value is -2.29. The van der Waals surface area contributed by atoms with E-state index in [1.54, 1.807) is 0 Å². The fourth-order valence-electron chi connectivity index (χ4n) is 3.13. The first kappa shape index (κ1) is 21.0. The normalized spacial score (nSPS) is 11.6. The van der Waals surface area contributed by atoms with Gasteiger partial charge >= 0.3 is 0 Å². The first-order chi connectivity index (χ1) is 13.2. The van der Waals surface area contributed by atoms with Gasteiger partial charge in [-0.3, -0.25) is 0 Å². The molecule has 0 amide bonds. The van der Waals surface area contributed by atoms with E-state index in [-0.39, 0.29) is 0 Å². The number of oxime groups is 1. The predicted octanol–water partition coefficient (Wildman–Crippen LogP) is 6.74. The summed E-state index contributed by atoms with van der Waals surface area (Å²) >= 11 is 0. The lowest BCUT2D eigenvalue weighted by molar-refractivity contribution is 0.304. The van der Waals surface area contributed by atoms with Gasteiger partial charge in [0.1, 0.15) is 11.5 Å². The summed E-state index contributed by atoms with van der Waals surface area (Å²) in [5, 5.41) is 12.9. The first-order valence-electron chi connectivity index (χ1n) is 10.3. The van der Waals surface area contributed by atoms with E-state index in [1.165, 1.54) is 50.5 Å². The summed E-state index contributed by atoms with van der Waals surface area (Å²) in [7, 11) is 0. The van der Waals surface area contributed by atoms with Crippen molar-refractivity contribution in [2.45, 2.75) is 65.2 Å². The molecule has 0 bridgehead atoms. The molecular formula is C24H33NO2. The predicted molar refractivity (Wildman–Crippen MR) is 113 cm³/mol. The lowest BCUT2D eigenvalue weighted by Crippen LogP contribution is -2.04. The summed E-state index contributed by atoms with van der Waals surface area (Å²) in [5.74, 6) is 0.864. The molecule has 0 atom stereocenters. The SMILES string of the molecule is CCCCCCCCCCOc1ccc(/C(=N\O)c2ccc(C)cc2)cc1. The zero-order valence-electron chi connectivity index (χ0n) is 16.8. The molecule has 27 heavy (non-hydrogen) atoms. The van der Waals surface area contributed by atoms with Crippen LogP contribution in [0.1, 0.15) is 75.0 Å². The molecule has 0 radical (unpaired) electrons. The quantitative estimate of drug-likeness (QED) is 0.195. The van der Waals surface area contributed by atoms with Crippen molar-refractivity contribution in [3.8, 4) is 5.75 Å². The Bertz CT molecular complexity index is 675. The van der Waals surface area contributed by atoms with E-state index < -0.39 is 0 Å². The second kappa shape index (κ2) is 12.2. The van der Waals surface area contributed by atoms with Crippen molar-refractivity contribution in [2.24, 2.45) is 5.16 Å². The maximum absolute atomic E-state index is 9.42. The number of hydrogen-bond acceptors (Lipinski definition) is 3. The summed E-state index contributed by atoms with van der Waals surface area (Å²) in [4.78, 5) is 0. The molecule has 0 saturated heterocycles. The lowest BCUT2D eigenvalue weighted by Gasteiger charge is -2.09. The van der Waals surface area contributed by atoms with E-state index in [1.807, 2.05) is 55.5 Å². The molecule has 0 saturated carbocycles. The minimum absolute atomic E-state index is 0.574. The van der Waals surface area contributed by atoms with Crippen LogP contribution in [0.15, 0.2) is 53.7 Å². The maximum Gasteiger partial charge on any atom is 0.119 e. The number of ether oxygens (including phenoxy) is 1. The van der Waals surface area contributed by atoms with E-state index in [0.717, 1.165) is 29.9 Å². The van der Waals surface area contributed by atoms with Crippen molar-refractivity contribution in [1.29, 1.82) is 0 Å². The smallest absolute Gasteiger partial charge is 0.119 e. The highest BCUT2D eigenvalue weighted by Crippen LogP contribution is 2.17. The second-order valence-corrected chi connectivity index (χ2v) is 7.16. The van der Waals surface area contributed by atoms with Gasteiger partial charge in [0.05, 0.1) is 6.61 Å². The van der Waals surface area contributed by atoms with Crippen molar-refractivity contribution in [3.05, 3.63) is 65.2 Å². The molecule has 2 rings (SSSR count). The van der Waals surface area contributed by atoms with Crippen LogP contribution in [0, 0.1) is 6.92 Å². The van der Waals surface area contributed by atoms with Crippen LogP contribution in [0.3, 0.4) is 0 Å². The van der Waals surface area contributed by atoms with Gasteiger partial charge in [-0.25, -0.2) is 0 Å². The van der Waals surface area contributed by atoms with Gasteiger partial charge in [0.2, 0.25) is 0 Å². The van der Waals surface area contributed by atoms with Crippen LogP contribution in [-0.2, 0) is 0 Å². The maximum atomic E-state index is 9.42. The van der Waals surface area contributed by atoms with Crippen LogP contribution in [0.5, 0.6) is 5.75 Å². The Balaban J connectivity index is 1.74. The molecular weight excluding hydrogens is 334 g/mol. The molecule has 0 fully saturated rings. The van der Waals surface area contributed by atoms with Crippen molar-refractivity contribution < 1.29 is 9.94 Å². The molecule has 0 aliphatic rings. The largest absolute Gasteiger partial charge is 0.494 e. The van der Waals surface area contributed by atoms with Crippen LogP contribution in [0.4, 0.5) is 0 Å². The Morgan fingerprint density at radius 2 is 1.30 bits per heavy atom. The summed E-state index contributed by atoms with van der Waals surface area (Å²) in [6.45, 7) is 5.05. The topological polar surface area (TPSA) is 41.8 Å². The van der Waals surface area contributed by atoms with Crippen molar-refractivity contribution in [1.82, 2.24) is 0 Å². The third-order valence-corrected chi connectivity index (χ3v) is 4.82. The third-order valence-electron chi connectivity index (χ3n) is 4.82. The molecule has 3 nitrogen and oxygen atoms in total. The fraction of sp³-hybridized carbons (Fsp3) is 0.458. The van der Waals surface area contributed by atoms with Crippen LogP contribution < -0.4 is 4.74 Å². The first-order valence-corrected chi connectivity index (χ1v) is 10.3. The Labute approximate surface area is 164 Å². The highest BCUT2D eigenvalue weighted by molar-refractivity contribution is 6.12. The summed E-state index contributed by atoms with van der Waals surface area (Å²) in [6, 6.07) is 15.7. The van der Waals surface area contributed by atoms with E-state index in [0.29, 0.717) is 5.71 Å². The summed E-state index contributed by atoms with van der Waals surface area (Å²) in [5.41, 5.74) is 3.53. The van der Waals surface area contributed by atoms with Crippen molar-refractivity contribution in [3.63, 3.8) is 0 Å². The van der Waals surface area contributed by atoms with Gasteiger partial charge in [-0.1, -0.05) is 86.9 Å². The number of benzene rings is 2. The van der Waals surface area contributed by atoms with E-state index in [4.69, 9.17) is 4.74 Å². The Morgan fingerprint density at radius 3 is 1.85 bits per heavy atom. The summed E-state index contributed by atoms with van der Waals surface area (Å²) in [6.07, 6.45) is 10.4. The number of aryl methyl sites for hydroxylation is 1. The highest BCUT2D eigenvalue weighted by atomic mass is 16.5. The fourth-order valence-corrected chi connectivity index (χ4v) is 3.13. The van der Waals surface area contributed by atoms with Gasteiger partial charge in [0.25, 0.3) is 0 Å². The molecule has 146 valence electrons. The molecule has 1 N–H and O–H groups in total. The Kier molecular flexibility index (Phi) is 9.47. The Morgan fingerprint density at radius 1 is 0.778 bits per heavy atom. The molecule has 0 spiro atoms. The molecule has 3 heteroatoms. The summed E-state index contributed by atoms with van der Waals surface area (Å²) < 4.78 is 5.84. The van der Waals surface area contributed by atoms with Gasteiger partial charge in [-0.15, -0.1) is 0 Å². The molecule has 2 aromatic carbocycles. The number of rotatable bonds is 12. The average molecular weight is 368 g/mol. The van der Waals surface area contributed by atoms with Gasteiger partial charge in [-0.05, 0) is 37.6 Å². The molecule has 0 aliphatic heterocycles. The average Bonchev–Trinajstić information content (AvgIpc) is 2.70. The monoisotopic (exact) mass is 367 g/mol. The molecule has 0 heterocycles. The third kappa shape index (κ3) is 7.46. The minimum atomic E-state index is 0.574. The van der Waals surface area contributed by atoms with Crippen LogP contribution in [0.2, 0.25) is 0 Å². The van der Waals surface area contributed by atoms with E-state index in [2.05, 4.69) is 12.1 Å². The van der Waals surface area contributed by atoms with Gasteiger partial charge in [-0.2, -0.15) is 0 Å². The number of nitrogens with zero attached hydrogens (tertiary/aromatic N) is 1. The van der Waals surface area contributed by atoms with Crippen LogP contribution in [0.25, 0.3) is 0 Å². The zero-order chi connectivity index (χ0) is 19.3. The van der Waals surface area contributed by atoms with Crippen molar-refractivity contribution >= 4 is 5.71 Å². The lowest BCUT2D eigenvalue weighted by atomic mass is 10.0. The molecule has 0 aromatic heterocycles. The molecule has 0 aliphatic carbocycles. The van der Waals surface area contributed by atoms with Gasteiger partial charge < -0.3 is 9.94 Å². The van der Waals surface area contributed by atoms with Gasteiger partial charge in [0.15, 0.2) is 0 Å². The number of unbranched alkanes of at least 4 members (excludes halogenated alkanes) is 7. The number of hydrogen-bond donors (Lipinski definition) is 1. The minimum Gasteiger partial charge on any atom is -0.494 e. The van der Waals surface area contributed by atoms with Crippen LogP contribution >= 0.6 is 0 Å². The standard InChI is InChI=1S/C24H33NO2/c1-3-4-5-6-7-8-9-10-19-27-23-17-15-22(16-18-23)24(25-26)21-13-11-20(2)12-14-21/h11-18,26H,3-10,19H2,1-2H3/b25-24-. The van der Waals surface area contributed by atoms with Gasteiger partial charge in [0, 0.05) is 11.1 Å². The van der Waals surface area contributed by atoms with E-state index in [9.17, 15) is 5.21 Å². The van der Waals surface area contributed by atoms with E-state index >= 15 is 0 Å². The molecule has 0 unspecified atom stereocenters. The highest BCUT2D eigenvalue weighted by Gasteiger charge is 2.08. The van der Waals surface area contributed by atoms with Crippen LogP contribution in [-0.4, -0.2) is 17.5 Å². The zero-order valence-corrected chi connectivity index (χ0v) is 16.8. The molecule has 2 aromatic rings.